The molecule has 1 aliphatic rings. The highest BCUT2D eigenvalue weighted by atomic mass is 35.5. The minimum absolute atomic E-state index is 0.243. The van der Waals surface area contributed by atoms with Crippen LogP contribution in [0.25, 0.3) is 22.0 Å². The normalized spacial score (nSPS) is 16.5. The fraction of sp³-hybridized carbons (Fsp3) is 0.148. The number of rotatable bonds is 1. The highest BCUT2D eigenvalue weighted by Gasteiger charge is 2.22. The molecule has 0 saturated carbocycles. The van der Waals surface area contributed by atoms with Crippen molar-refractivity contribution in [3.63, 3.8) is 0 Å². The van der Waals surface area contributed by atoms with Gasteiger partial charge in [-0.05, 0) is 65.6 Å². The number of hydrogen-bond acceptors (Lipinski definition) is 4. The Kier molecular flexibility index (Phi) is 4.05. The van der Waals surface area contributed by atoms with Gasteiger partial charge in [0.15, 0.2) is 0 Å². The minimum atomic E-state index is -2.64. The van der Waals surface area contributed by atoms with E-state index in [0.29, 0.717) is 33.1 Å². The van der Waals surface area contributed by atoms with Crippen LogP contribution in [0.3, 0.4) is 0 Å². The van der Waals surface area contributed by atoms with Crippen LogP contribution < -0.4 is 10.3 Å². The van der Waals surface area contributed by atoms with Crippen LogP contribution in [-0.2, 0) is 13.6 Å². The number of ether oxygens (including phenoxy) is 1. The average molecular weight is 472 g/mol. The Bertz CT molecular complexity index is 1740. The summed E-state index contributed by atoms with van der Waals surface area (Å²) in [7, 11) is 0. The van der Waals surface area contributed by atoms with Gasteiger partial charge in [0, 0.05) is 33.1 Å². The summed E-state index contributed by atoms with van der Waals surface area (Å²) in [5.74, 6) is 1.31. The van der Waals surface area contributed by atoms with Crippen molar-refractivity contribution in [1.29, 1.82) is 0 Å². The van der Waals surface area contributed by atoms with Crippen molar-refractivity contribution in [3.05, 3.63) is 111 Å². The summed E-state index contributed by atoms with van der Waals surface area (Å²) < 4.78 is 32.8. The van der Waals surface area contributed by atoms with Gasteiger partial charge in [0.2, 0.25) is 0 Å². The van der Waals surface area contributed by atoms with Crippen LogP contribution in [0.4, 0.5) is 0 Å². The van der Waals surface area contributed by atoms with Crippen LogP contribution in [-0.4, -0.2) is 19.3 Å². The Hall–Kier alpha value is -3.90. The first kappa shape index (κ1) is 17.6. The molecule has 6 bridgehead atoms. The third-order valence-corrected chi connectivity index (χ3v) is 6.65. The molecule has 0 amide bonds. The Morgan fingerprint density at radius 2 is 1.94 bits per heavy atom. The van der Waals surface area contributed by atoms with E-state index in [1.165, 1.54) is 12.4 Å². The van der Waals surface area contributed by atoms with Crippen molar-refractivity contribution in [3.8, 4) is 16.9 Å². The topological polar surface area (TPSA) is 61.9 Å². The molecule has 6 rings (SSSR count). The molecule has 168 valence electrons. The van der Waals surface area contributed by atoms with Crippen molar-refractivity contribution in [2.75, 3.05) is 0 Å². The highest BCUT2D eigenvalue weighted by Crippen LogP contribution is 2.36. The molecule has 0 radical (unpaired) electrons. The number of fused-ring (bicyclic) bond motifs is 6. The second-order valence-electron chi connectivity index (χ2n) is 8.33. The summed E-state index contributed by atoms with van der Waals surface area (Å²) in [5.41, 5.74) is 3.64. The fourth-order valence-electron chi connectivity index (χ4n) is 4.58. The third kappa shape index (κ3) is 3.30. The van der Waals surface area contributed by atoms with Gasteiger partial charge >= 0.3 is 0 Å². The van der Waals surface area contributed by atoms with Gasteiger partial charge in [0.05, 0.1) is 5.52 Å². The molecule has 0 fully saturated rings. The summed E-state index contributed by atoms with van der Waals surface area (Å²) in [6.45, 7) is -0.527. The summed E-state index contributed by atoms with van der Waals surface area (Å²) in [6, 6.07) is 19.6. The molecule has 2 aromatic heterocycles. The second kappa shape index (κ2) is 7.85. The Labute approximate surface area is 205 Å². The molecular weight excluding hydrogens is 448 g/mol. The van der Waals surface area contributed by atoms with Crippen LogP contribution in [0.1, 0.15) is 32.7 Å². The highest BCUT2D eigenvalue weighted by molar-refractivity contribution is 6.31. The predicted molar refractivity (Wildman–Crippen MR) is 132 cm³/mol. The quantitative estimate of drug-likeness (QED) is 0.333. The minimum Gasteiger partial charge on any atom is -0.489 e. The standard InChI is InChI=1S/C27H21ClN4O2/c1-16-29-15-30-32(16)27-18-6-8-24(28)20(10-18)14-34-21-5-3-4-17(11-21)22-13-26(33)31(2)25-9-7-19(27)12-23(22)25/h3-13,15,27H,14H2,1-2H3/t27-/m0/s1/i2D3. The molecule has 0 unspecified atom stereocenters. The third-order valence-electron chi connectivity index (χ3n) is 6.28. The first-order valence-electron chi connectivity index (χ1n) is 12.3. The van der Waals surface area contributed by atoms with Crippen LogP contribution in [0.15, 0.2) is 77.9 Å². The van der Waals surface area contributed by atoms with E-state index in [0.717, 1.165) is 26.8 Å². The molecule has 3 aromatic carbocycles. The SMILES string of the molecule is [2H]C([2H])([2H])n1c(=O)cc2c3cc(ccc31)[C@@H](n1ncnc1C)c1ccc(Cl)c(c1)COc1cccc-2c1. The molecule has 1 atom stereocenters. The molecule has 34 heavy (non-hydrogen) atoms. The van der Waals surface area contributed by atoms with Crippen molar-refractivity contribution in [1.82, 2.24) is 19.3 Å². The number of aryl methyl sites for hydroxylation is 2. The molecule has 0 aliphatic carbocycles. The van der Waals surface area contributed by atoms with E-state index >= 15 is 0 Å². The second-order valence-corrected chi connectivity index (χ2v) is 8.74. The number of benzene rings is 3. The van der Waals surface area contributed by atoms with Gasteiger partial charge in [-0.3, -0.25) is 4.79 Å². The Morgan fingerprint density at radius 3 is 2.76 bits per heavy atom. The van der Waals surface area contributed by atoms with Crippen LogP contribution in [0, 0.1) is 6.92 Å². The molecule has 0 N–H and O–H groups in total. The van der Waals surface area contributed by atoms with Gasteiger partial charge in [-0.2, -0.15) is 5.10 Å². The van der Waals surface area contributed by atoms with E-state index in [4.69, 9.17) is 20.5 Å². The lowest BCUT2D eigenvalue weighted by Gasteiger charge is -2.22. The molecule has 0 saturated heterocycles. The number of hydrogen-bond donors (Lipinski definition) is 0. The zero-order chi connectivity index (χ0) is 25.9. The van der Waals surface area contributed by atoms with Crippen molar-refractivity contribution in [2.45, 2.75) is 19.6 Å². The van der Waals surface area contributed by atoms with Crippen LogP contribution in [0.5, 0.6) is 5.75 Å². The van der Waals surface area contributed by atoms with Crippen LogP contribution in [0.2, 0.25) is 5.02 Å². The van der Waals surface area contributed by atoms with Crippen molar-refractivity contribution >= 4 is 22.5 Å². The van der Waals surface area contributed by atoms with Gasteiger partial charge in [0.1, 0.15) is 30.5 Å². The molecule has 6 nitrogen and oxygen atoms in total. The lowest BCUT2D eigenvalue weighted by molar-refractivity contribution is 0.306. The van der Waals surface area contributed by atoms with E-state index in [-0.39, 0.29) is 12.6 Å². The first-order chi connectivity index (χ1) is 17.7. The van der Waals surface area contributed by atoms with Gasteiger partial charge in [-0.15, -0.1) is 0 Å². The van der Waals surface area contributed by atoms with Gasteiger partial charge in [-0.25, -0.2) is 9.67 Å². The maximum atomic E-state index is 13.1. The molecule has 0 spiro atoms. The average Bonchev–Trinajstić information content (AvgIpc) is 3.28. The first-order valence-corrected chi connectivity index (χ1v) is 11.2. The maximum absolute atomic E-state index is 13.1. The molecular formula is C27H21ClN4O2. The smallest absolute Gasteiger partial charge is 0.251 e. The maximum Gasteiger partial charge on any atom is 0.251 e. The van der Waals surface area contributed by atoms with Crippen molar-refractivity contribution in [2.24, 2.45) is 6.98 Å². The van der Waals surface area contributed by atoms with Gasteiger partial charge in [0.25, 0.3) is 5.56 Å². The zero-order valence-electron chi connectivity index (χ0n) is 21.2. The number of halogens is 1. The molecule has 3 heterocycles. The number of aromatic nitrogens is 4. The summed E-state index contributed by atoms with van der Waals surface area (Å²) in [6.07, 6.45) is 1.50. The zero-order valence-corrected chi connectivity index (χ0v) is 19.0. The van der Waals surface area contributed by atoms with Gasteiger partial charge in [-0.1, -0.05) is 35.9 Å². The van der Waals surface area contributed by atoms with E-state index in [2.05, 4.69) is 10.1 Å². The number of pyridine rings is 1. The van der Waals surface area contributed by atoms with E-state index in [1.807, 2.05) is 66.2 Å². The summed E-state index contributed by atoms with van der Waals surface area (Å²) in [4.78, 5) is 17.4. The lowest BCUT2D eigenvalue weighted by Crippen LogP contribution is -2.18. The van der Waals surface area contributed by atoms with E-state index in [1.54, 1.807) is 6.07 Å². The largest absolute Gasteiger partial charge is 0.489 e. The van der Waals surface area contributed by atoms with Gasteiger partial charge < -0.3 is 9.30 Å². The molecule has 5 aromatic rings. The Morgan fingerprint density at radius 1 is 1.09 bits per heavy atom. The summed E-state index contributed by atoms with van der Waals surface area (Å²) in [5, 5.41) is 5.70. The summed E-state index contributed by atoms with van der Waals surface area (Å²) >= 11 is 6.54. The van der Waals surface area contributed by atoms with Crippen LogP contribution >= 0.6 is 11.6 Å². The van der Waals surface area contributed by atoms with E-state index < -0.39 is 12.5 Å². The molecule has 7 heteroatoms. The van der Waals surface area contributed by atoms with E-state index in [9.17, 15) is 4.79 Å². The predicted octanol–water partition coefficient (Wildman–Crippen LogP) is 5.29. The Balaban J connectivity index is 1.74. The monoisotopic (exact) mass is 471 g/mol. The fourth-order valence-corrected chi connectivity index (χ4v) is 4.76. The molecule has 1 aliphatic heterocycles. The van der Waals surface area contributed by atoms with Crippen molar-refractivity contribution < 1.29 is 8.85 Å². The number of nitrogens with zero attached hydrogens (tertiary/aromatic N) is 4. The lowest BCUT2D eigenvalue weighted by atomic mass is 9.93.